The van der Waals surface area contributed by atoms with E-state index in [1.54, 1.807) is 7.11 Å². The van der Waals surface area contributed by atoms with Crippen LogP contribution in [0.25, 0.3) is 16.9 Å². The third-order valence-corrected chi connectivity index (χ3v) is 4.78. The first-order chi connectivity index (χ1) is 12.3. The van der Waals surface area contributed by atoms with Gasteiger partial charge in [0.1, 0.15) is 11.6 Å². The molecule has 25 heavy (non-hydrogen) atoms. The first kappa shape index (κ1) is 16.0. The molecule has 1 N–H and O–H groups in total. The number of ether oxygens (including phenoxy) is 1. The van der Waals surface area contributed by atoms with E-state index in [-0.39, 0.29) is 0 Å². The van der Waals surface area contributed by atoms with E-state index < -0.39 is 0 Å². The molecule has 0 saturated carbocycles. The summed E-state index contributed by atoms with van der Waals surface area (Å²) < 4.78 is 7.26. The molecule has 0 spiro atoms. The van der Waals surface area contributed by atoms with Crippen molar-refractivity contribution < 1.29 is 4.74 Å². The zero-order valence-electron chi connectivity index (χ0n) is 14.1. The maximum atomic E-state index is 6.20. The van der Waals surface area contributed by atoms with Crippen LogP contribution in [-0.2, 0) is 6.42 Å². The molecule has 128 valence electrons. The van der Waals surface area contributed by atoms with E-state index >= 15 is 0 Å². The molecule has 4 rings (SSSR count). The summed E-state index contributed by atoms with van der Waals surface area (Å²) in [5, 5.41) is 9.22. The molecule has 0 fully saturated rings. The predicted molar refractivity (Wildman–Crippen MR) is 102 cm³/mol. The summed E-state index contributed by atoms with van der Waals surface area (Å²) in [6, 6.07) is 15.9. The van der Waals surface area contributed by atoms with Crippen LogP contribution in [0.1, 0.15) is 18.4 Å². The van der Waals surface area contributed by atoms with Gasteiger partial charge in [-0.05, 0) is 55.7 Å². The van der Waals surface area contributed by atoms with Gasteiger partial charge in [-0.2, -0.15) is 5.10 Å². The summed E-state index contributed by atoms with van der Waals surface area (Å²) in [7, 11) is 1.67. The number of halogens is 1. The van der Waals surface area contributed by atoms with Gasteiger partial charge in [0.25, 0.3) is 0 Å². The maximum absolute atomic E-state index is 6.20. The Hall–Kier alpha value is -2.46. The van der Waals surface area contributed by atoms with Gasteiger partial charge in [-0.25, -0.2) is 4.68 Å². The van der Waals surface area contributed by atoms with E-state index in [0.717, 1.165) is 59.3 Å². The highest BCUT2D eigenvalue weighted by molar-refractivity contribution is 6.30. The Morgan fingerprint density at radius 3 is 2.72 bits per heavy atom. The molecule has 1 aliphatic rings. The first-order valence-corrected chi connectivity index (χ1v) is 8.90. The van der Waals surface area contributed by atoms with Crippen LogP contribution in [0.4, 0.5) is 5.82 Å². The summed E-state index contributed by atoms with van der Waals surface area (Å²) in [5.41, 5.74) is 4.33. The maximum Gasteiger partial charge on any atom is 0.133 e. The van der Waals surface area contributed by atoms with Gasteiger partial charge in [0.05, 0.1) is 18.5 Å². The fraction of sp³-hybridized carbons (Fsp3) is 0.250. The van der Waals surface area contributed by atoms with Gasteiger partial charge in [-0.3, -0.25) is 0 Å². The number of aromatic nitrogens is 2. The Morgan fingerprint density at radius 2 is 1.96 bits per heavy atom. The molecule has 0 radical (unpaired) electrons. The standard InChI is InChI=1S/C20H20ClN3O/c1-25-17-10-8-16(9-11-17)24-20-18(7-2-3-12-22-20)19(23-24)14-5-4-6-15(21)13-14/h4-6,8-11,13,22H,2-3,7,12H2,1H3. The van der Waals surface area contributed by atoms with Crippen LogP contribution in [0.15, 0.2) is 48.5 Å². The van der Waals surface area contributed by atoms with Gasteiger partial charge in [0, 0.05) is 22.7 Å². The molecule has 0 amide bonds. The Bertz CT molecular complexity index is 886. The largest absolute Gasteiger partial charge is 0.497 e. The summed E-state index contributed by atoms with van der Waals surface area (Å²) in [6.07, 6.45) is 3.33. The lowest BCUT2D eigenvalue weighted by Crippen LogP contribution is -2.07. The van der Waals surface area contributed by atoms with Crippen LogP contribution in [0, 0.1) is 0 Å². The number of hydrogen-bond acceptors (Lipinski definition) is 3. The van der Waals surface area contributed by atoms with Crippen molar-refractivity contribution in [1.82, 2.24) is 9.78 Å². The molecule has 1 aliphatic heterocycles. The second-order valence-corrected chi connectivity index (χ2v) is 6.62. The minimum absolute atomic E-state index is 0.729. The Balaban J connectivity index is 1.86. The molecule has 4 nitrogen and oxygen atoms in total. The molecule has 0 saturated heterocycles. The molecule has 5 heteroatoms. The van der Waals surface area contributed by atoms with Crippen LogP contribution in [0.5, 0.6) is 5.75 Å². The fourth-order valence-corrected chi connectivity index (χ4v) is 3.47. The van der Waals surface area contributed by atoms with Crippen LogP contribution in [0.3, 0.4) is 0 Å². The minimum Gasteiger partial charge on any atom is -0.497 e. The van der Waals surface area contributed by atoms with Crippen molar-refractivity contribution >= 4 is 17.4 Å². The van der Waals surface area contributed by atoms with E-state index in [1.165, 1.54) is 5.56 Å². The molecular weight excluding hydrogens is 334 g/mol. The SMILES string of the molecule is COc1ccc(-n2nc(-c3cccc(Cl)c3)c3c2NCCCC3)cc1. The van der Waals surface area contributed by atoms with E-state index in [2.05, 4.69) is 11.4 Å². The second-order valence-electron chi connectivity index (χ2n) is 6.18. The summed E-state index contributed by atoms with van der Waals surface area (Å²) >= 11 is 6.20. The first-order valence-electron chi connectivity index (χ1n) is 8.52. The van der Waals surface area contributed by atoms with E-state index in [1.807, 2.05) is 47.1 Å². The smallest absolute Gasteiger partial charge is 0.133 e. The monoisotopic (exact) mass is 353 g/mol. The third-order valence-electron chi connectivity index (χ3n) is 4.54. The summed E-state index contributed by atoms with van der Waals surface area (Å²) in [6.45, 7) is 0.962. The topological polar surface area (TPSA) is 39.1 Å². The number of fused-ring (bicyclic) bond motifs is 1. The minimum atomic E-state index is 0.729. The van der Waals surface area contributed by atoms with Crippen LogP contribution in [-0.4, -0.2) is 23.4 Å². The molecule has 0 aliphatic carbocycles. The Labute approximate surface area is 152 Å². The van der Waals surface area contributed by atoms with Gasteiger partial charge in [0.2, 0.25) is 0 Å². The van der Waals surface area contributed by atoms with Gasteiger partial charge in [0.15, 0.2) is 0 Å². The fourth-order valence-electron chi connectivity index (χ4n) is 3.28. The highest BCUT2D eigenvalue weighted by Gasteiger charge is 2.21. The molecule has 0 unspecified atom stereocenters. The molecule has 2 aromatic carbocycles. The highest BCUT2D eigenvalue weighted by atomic mass is 35.5. The molecular formula is C20H20ClN3O. The molecule has 1 aromatic heterocycles. The van der Waals surface area contributed by atoms with Crippen LogP contribution >= 0.6 is 11.6 Å². The quantitative estimate of drug-likeness (QED) is 0.724. The Kier molecular flexibility index (Phi) is 4.36. The molecule has 0 bridgehead atoms. The highest BCUT2D eigenvalue weighted by Crippen LogP contribution is 2.34. The van der Waals surface area contributed by atoms with Crippen LogP contribution in [0.2, 0.25) is 5.02 Å². The average Bonchev–Trinajstić information content (AvgIpc) is 2.83. The summed E-state index contributed by atoms with van der Waals surface area (Å²) in [5.74, 6) is 1.92. The predicted octanol–water partition coefficient (Wildman–Crippen LogP) is 4.95. The number of hydrogen-bond donors (Lipinski definition) is 1. The second kappa shape index (κ2) is 6.81. The number of methoxy groups -OCH3 is 1. The van der Waals surface area contributed by atoms with Gasteiger partial charge >= 0.3 is 0 Å². The van der Waals surface area contributed by atoms with Crippen molar-refractivity contribution in [1.29, 1.82) is 0 Å². The lowest BCUT2D eigenvalue weighted by atomic mass is 10.0. The normalized spacial score (nSPS) is 13.7. The lowest BCUT2D eigenvalue weighted by Gasteiger charge is -2.09. The van der Waals surface area contributed by atoms with E-state index in [0.29, 0.717) is 0 Å². The molecule has 2 heterocycles. The number of benzene rings is 2. The van der Waals surface area contributed by atoms with Crippen molar-refractivity contribution in [3.05, 3.63) is 59.1 Å². The van der Waals surface area contributed by atoms with E-state index in [4.69, 9.17) is 21.4 Å². The third kappa shape index (κ3) is 3.10. The van der Waals surface area contributed by atoms with Gasteiger partial charge < -0.3 is 10.1 Å². The van der Waals surface area contributed by atoms with Crippen molar-refractivity contribution in [2.75, 3.05) is 19.0 Å². The van der Waals surface area contributed by atoms with Crippen molar-refractivity contribution in [2.24, 2.45) is 0 Å². The zero-order valence-corrected chi connectivity index (χ0v) is 14.9. The number of nitrogens with zero attached hydrogens (tertiary/aromatic N) is 2. The van der Waals surface area contributed by atoms with Crippen LogP contribution < -0.4 is 10.1 Å². The van der Waals surface area contributed by atoms with Gasteiger partial charge in [-0.1, -0.05) is 23.7 Å². The van der Waals surface area contributed by atoms with Crippen molar-refractivity contribution in [3.63, 3.8) is 0 Å². The van der Waals surface area contributed by atoms with E-state index in [9.17, 15) is 0 Å². The lowest BCUT2D eigenvalue weighted by molar-refractivity contribution is 0.414. The Morgan fingerprint density at radius 1 is 1.12 bits per heavy atom. The number of anilines is 1. The molecule has 3 aromatic rings. The van der Waals surface area contributed by atoms with Crippen molar-refractivity contribution in [3.8, 4) is 22.7 Å². The van der Waals surface area contributed by atoms with Gasteiger partial charge in [-0.15, -0.1) is 0 Å². The summed E-state index contributed by atoms with van der Waals surface area (Å²) in [4.78, 5) is 0. The van der Waals surface area contributed by atoms with Crippen molar-refractivity contribution in [2.45, 2.75) is 19.3 Å². The number of nitrogens with one attached hydrogen (secondary N) is 1. The molecule has 0 atom stereocenters. The number of rotatable bonds is 3. The zero-order chi connectivity index (χ0) is 17.2. The average molecular weight is 354 g/mol.